The van der Waals surface area contributed by atoms with E-state index in [2.05, 4.69) is 16.6 Å². The predicted molar refractivity (Wildman–Crippen MR) is 94.9 cm³/mol. The van der Waals surface area contributed by atoms with Crippen molar-refractivity contribution in [3.63, 3.8) is 0 Å². The molecule has 124 valence electrons. The number of amidine groups is 1. The highest BCUT2D eigenvalue weighted by molar-refractivity contribution is 8.00. The van der Waals surface area contributed by atoms with Crippen molar-refractivity contribution in [3.8, 4) is 0 Å². The zero-order valence-corrected chi connectivity index (χ0v) is 14.5. The number of nitro groups is 1. The van der Waals surface area contributed by atoms with E-state index in [9.17, 15) is 10.1 Å². The molecule has 0 radical (unpaired) electrons. The highest BCUT2D eigenvalue weighted by atomic mass is 35.5. The molecule has 0 saturated carbocycles. The Morgan fingerprint density at radius 1 is 1.61 bits per heavy atom. The normalized spacial score (nSPS) is 16.8. The first-order chi connectivity index (χ1) is 11.0. The zero-order chi connectivity index (χ0) is 16.8. The van der Waals surface area contributed by atoms with Crippen molar-refractivity contribution >= 4 is 29.2 Å². The van der Waals surface area contributed by atoms with Gasteiger partial charge in [0.25, 0.3) is 6.04 Å². The highest BCUT2D eigenvalue weighted by Gasteiger charge is 2.38. The van der Waals surface area contributed by atoms with Gasteiger partial charge in [-0.15, -0.1) is 18.3 Å². The minimum absolute atomic E-state index is 0.175. The molecule has 1 aliphatic rings. The summed E-state index contributed by atoms with van der Waals surface area (Å²) in [7, 11) is 0. The first kappa shape index (κ1) is 17.7. The zero-order valence-electron chi connectivity index (χ0n) is 12.9. The van der Waals surface area contributed by atoms with Crippen molar-refractivity contribution in [2.45, 2.75) is 24.8 Å². The van der Waals surface area contributed by atoms with Crippen molar-refractivity contribution in [3.05, 3.63) is 51.8 Å². The summed E-state index contributed by atoms with van der Waals surface area (Å²) in [6.07, 6.45) is 3.45. The molecule has 6 nitrogen and oxygen atoms in total. The van der Waals surface area contributed by atoms with Crippen LogP contribution in [0.5, 0.6) is 0 Å². The van der Waals surface area contributed by atoms with E-state index < -0.39 is 6.04 Å². The van der Waals surface area contributed by atoms with E-state index in [0.717, 1.165) is 5.56 Å². The number of nitrogens with zero attached hydrogens (tertiary/aromatic N) is 4. The molecule has 2 rings (SSSR count). The maximum absolute atomic E-state index is 11.6. The Kier molecular flexibility index (Phi) is 6.41. The van der Waals surface area contributed by atoms with E-state index in [-0.39, 0.29) is 10.2 Å². The van der Waals surface area contributed by atoms with Gasteiger partial charge >= 0.3 is 0 Å². The molecule has 1 aromatic heterocycles. The molecular formula is C15H19ClN4O2S. The van der Waals surface area contributed by atoms with E-state index in [1.165, 1.54) is 11.8 Å². The van der Waals surface area contributed by atoms with Crippen molar-refractivity contribution in [2.24, 2.45) is 4.99 Å². The minimum atomic E-state index is -0.817. The third-order valence-electron chi connectivity index (χ3n) is 3.54. The molecule has 1 aliphatic heterocycles. The van der Waals surface area contributed by atoms with Crippen LogP contribution in [-0.4, -0.2) is 50.8 Å². The number of halogens is 1. The summed E-state index contributed by atoms with van der Waals surface area (Å²) in [5, 5.41) is 11.8. The standard InChI is InChI=1S/C15H19ClN4O2S/c1-3-8-23-11(2)14(20(21)22)15-17-6-7-19(15)10-12-4-5-13(16)18-9-12/h3-5,9,11,14H,1,6-8,10H2,2H3. The number of pyridine rings is 1. The van der Waals surface area contributed by atoms with Gasteiger partial charge in [-0.05, 0) is 18.6 Å². The molecule has 8 heteroatoms. The average Bonchev–Trinajstić information content (AvgIpc) is 2.95. The van der Waals surface area contributed by atoms with Gasteiger partial charge in [-0.2, -0.15) is 0 Å². The second-order valence-corrected chi connectivity index (χ2v) is 7.01. The smallest absolute Gasteiger partial charge is 0.280 e. The van der Waals surface area contributed by atoms with Gasteiger partial charge in [0.2, 0.25) is 0 Å². The van der Waals surface area contributed by atoms with E-state index in [1.54, 1.807) is 18.3 Å². The van der Waals surface area contributed by atoms with Gasteiger partial charge in [0.1, 0.15) is 5.15 Å². The highest BCUT2D eigenvalue weighted by Crippen LogP contribution is 2.22. The molecule has 1 aromatic rings. The lowest BCUT2D eigenvalue weighted by molar-refractivity contribution is -0.502. The summed E-state index contributed by atoms with van der Waals surface area (Å²) in [6.45, 7) is 7.34. The first-order valence-corrected chi connectivity index (χ1v) is 8.71. The molecule has 0 fully saturated rings. The van der Waals surface area contributed by atoms with Crippen molar-refractivity contribution in [2.75, 3.05) is 18.8 Å². The molecule has 0 amide bonds. The molecule has 0 spiro atoms. The van der Waals surface area contributed by atoms with Crippen molar-refractivity contribution < 1.29 is 4.92 Å². The molecule has 0 aliphatic carbocycles. The first-order valence-electron chi connectivity index (χ1n) is 7.28. The van der Waals surface area contributed by atoms with Crippen LogP contribution in [0.25, 0.3) is 0 Å². The van der Waals surface area contributed by atoms with E-state index in [4.69, 9.17) is 11.6 Å². The molecule has 2 heterocycles. The fourth-order valence-corrected chi connectivity index (χ4v) is 3.40. The average molecular weight is 355 g/mol. The maximum atomic E-state index is 11.6. The van der Waals surface area contributed by atoms with Crippen LogP contribution in [0.1, 0.15) is 12.5 Å². The molecule has 0 aromatic carbocycles. The van der Waals surface area contributed by atoms with Crippen LogP contribution in [0.3, 0.4) is 0 Å². The molecule has 2 atom stereocenters. The fourth-order valence-electron chi connectivity index (χ4n) is 2.45. The largest absolute Gasteiger partial charge is 0.348 e. The van der Waals surface area contributed by atoms with Gasteiger partial charge in [0, 0.05) is 30.0 Å². The molecule has 0 bridgehead atoms. The van der Waals surface area contributed by atoms with Crippen LogP contribution in [0.4, 0.5) is 0 Å². The van der Waals surface area contributed by atoms with Crippen LogP contribution >= 0.6 is 23.4 Å². The summed E-state index contributed by atoms with van der Waals surface area (Å²) < 4.78 is 0. The summed E-state index contributed by atoms with van der Waals surface area (Å²) in [5.74, 6) is 1.23. The van der Waals surface area contributed by atoms with Gasteiger partial charge in [-0.25, -0.2) is 4.98 Å². The number of rotatable bonds is 8. The molecular weight excluding hydrogens is 336 g/mol. The fraction of sp³-hybridized carbons (Fsp3) is 0.467. The Hall–Kier alpha value is -1.60. The summed E-state index contributed by atoms with van der Waals surface area (Å²) in [5.41, 5.74) is 0.956. The van der Waals surface area contributed by atoms with Crippen LogP contribution in [-0.2, 0) is 6.54 Å². The number of hydrogen-bond acceptors (Lipinski definition) is 6. The topological polar surface area (TPSA) is 71.6 Å². The number of hydrogen-bond donors (Lipinski definition) is 0. The summed E-state index contributed by atoms with van der Waals surface area (Å²) in [6, 6.07) is 2.78. The number of thioether (sulfide) groups is 1. The number of aromatic nitrogens is 1. The van der Waals surface area contributed by atoms with Crippen molar-refractivity contribution in [1.29, 1.82) is 0 Å². The molecule has 0 saturated heterocycles. The van der Waals surface area contributed by atoms with E-state index in [0.29, 0.717) is 36.4 Å². The Morgan fingerprint density at radius 3 is 3.00 bits per heavy atom. The SMILES string of the molecule is C=CCSC(C)C(C1=NCCN1Cc1ccc(Cl)nc1)[N+](=O)[O-]. The quantitative estimate of drug-likeness (QED) is 0.310. The van der Waals surface area contributed by atoms with E-state index >= 15 is 0 Å². The molecule has 0 N–H and O–H groups in total. The number of aliphatic imine (C=N–C) groups is 1. The van der Waals surface area contributed by atoms with Crippen LogP contribution in [0.15, 0.2) is 36.0 Å². The van der Waals surface area contributed by atoms with Crippen molar-refractivity contribution in [1.82, 2.24) is 9.88 Å². The third-order valence-corrected chi connectivity index (χ3v) is 4.98. The Bertz CT molecular complexity index is 594. The third kappa shape index (κ3) is 4.68. The lowest BCUT2D eigenvalue weighted by Crippen LogP contribution is -2.45. The lowest BCUT2D eigenvalue weighted by Gasteiger charge is -2.24. The minimum Gasteiger partial charge on any atom is -0.348 e. The second-order valence-electron chi connectivity index (χ2n) is 5.21. The maximum Gasteiger partial charge on any atom is 0.280 e. The van der Waals surface area contributed by atoms with Gasteiger partial charge < -0.3 is 4.90 Å². The Balaban J connectivity index is 2.12. The van der Waals surface area contributed by atoms with Crippen LogP contribution in [0.2, 0.25) is 5.15 Å². The van der Waals surface area contributed by atoms with Crippen LogP contribution < -0.4 is 0 Å². The molecule has 23 heavy (non-hydrogen) atoms. The Labute approximate surface area is 144 Å². The van der Waals surface area contributed by atoms with Gasteiger partial charge in [0.05, 0.1) is 11.8 Å². The van der Waals surface area contributed by atoms with Gasteiger partial charge in [-0.3, -0.25) is 15.1 Å². The lowest BCUT2D eigenvalue weighted by atomic mass is 10.2. The molecule has 2 unspecified atom stereocenters. The Morgan fingerprint density at radius 2 is 2.39 bits per heavy atom. The predicted octanol–water partition coefficient (Wildman–Crippen LogP) is 2.90. The summed E-state index contributed by atoms with van der Waals surface area (Å²) in [4.78, 5) is 21.7. The van der Waals surface area contributed by atoms with Crippen LogP contribution in [0, 0.1) is 10.1 Å². The van der Waals surface area contributed by atoms with Gasteiger partial charge in [0.15, 0.2) is 5.84 Å². The summed E-state index contributed by atoms with van der Waals surface area (Å²) >= 11 is 7.30. The van der Waals surface area contributed by atoms with Gasteiger partial charge in [-0.1, -0.05) is 23.7 Å². The van der Waals surface area contributed by atoms with E-state index in [1.807, 2.05) is 17.9 Å². The second kappa shape index (κ2) is 8.31. The monoisotopic (exact) mass is 354 g/mol.